The third-order valence-electron chi connectivity index (χ3n) is 4.93. The van der Waals surface area contributed by atoms with Gasteiger partial charge in [-0.3, -0.25) is 14.5 Å². The molecular formula is C21H27NO4. The second kappa shape index (κ2) is 8.49. The molecule has 1 aromatic carbocycles. The van der Waals surface area contributed by atoms with Gasteiger partial charge in [0.15, 0.2) is 0 Å². The summed E-state index contributed by atoms with van der Waals surface area (Å²) in [6.45, 7) is 5.48. The number of fused-ring (bicyclic) bond motifs is 1. The molecule has 3 rings (SSSR count). The van der Waals surface area contributed by atoms with E-state index in [-0.39, 0.29) is 17.9 Å². The molecule has 1 aliphatic heterocycles. The van der Waals surface area contributed by atoms with Crippen molar-refractivity contribution in [3.05, 3.63) is 41.5 Å². The average molecular weight is 357 g/mol. The lowest BCUT2D eigenvalue weighted by Crippen LogP contribution is -2.40. The number of imide groups is 1. The van der Waals surface area contributed by atoms with Crippen LogP contribution >= 0.6 is 0 Å². The Bertz CT molecular complexity index is 679. The van der Waals surface area contributed by atoms with E-state index >= 15 is 0 Å². The summed E-state index contributed by atoms with van der Waals surface area (Å²) < 4.78 is 12.1. The molecule has 140 valence electrons. The van der Waals surface area contributed by atoms with Crippen LogP contribution in [0.15, 0.2) is 30.4 Å². The van der Waals surface area contributed by atoms with Crippen molar-refractivity contribution in [2.24, 2.45) is 0 Å². The molecule has 0 aromatic heterocycles. The number of benzene rings is 1. The number of amides is 2. The van der Waals surface area contributed by atoms with Crippen LogP contribution in [0.3, 0.4) is 0 Å². The van der Waals surface area contributed by atoms with Gasteiger partial charge in [-0.05, 0) is 24.5 Å². The summed E-state index contributed by atoms with van der Waals surface area (Å²) in [5.74, 6) is 0.204. The molecule has 0 saturated heterocycles. The Balaban J connectivity index is 1.91. The molecule has 1 aromatic rings. The Hall–Kier alpha value is -2.14. The summed E-state index contributed by atoms with van der Waals surface area (Å²) in [6.07, 6.45) is 7.15. The molecule has 5 nitrogen and oxygen atoms in total. The van der Waals surface area contributed by atoms with Crippen LogP contribution in [0.25, 0.3) is 0 Å². The first-order valence-corrected chi connectivity index (χ1v) is 9.58. The maximum Gasteiger partial charge on any atom is 0.254 e. The molecule has 0 bridgehead atoms. The van der Waals surface area contributed by atoms with Crippen LogP contribution in [0.4, 0.5) is 0 Å². The lowest BCUT2D eigenvalue weighted by molar-refractivity contribution is -0.143. The van der Waals surface area contributed by atoms with Gasteiger partial charge in [0.2, 0.25) is 0 Å². The monoisotopic (exact) mass is 357 g/mol. The SMILES string of the molecule is CCCCOc1cccc2c1[C@H](N1C(=O)C=CC1=O)[C@@H](OCCCC)C2. The number of nitrogens with zero attached hydrogens (tertiary/aromatic N) is 1. The average Bonchev–Trinajstić information content (AvgIpc) is 3.15. The largest absolute Gasteiger partial charge is 0.493 e. The minimum Gasteiger partial charge on any atom is -0.493 e. The van der Waals surface area contributed by atoms with Crippen LogP contribution < -0.4 is 4.74 Å². The van der Waals surface area contributed by atoms with E-state index in [0.29, 0.717) is 19.6 Å². The highest BCUT2D eigenvalue weighted by Crippen LogP contribution is 2.44. The highest BCUT2D eigenvalue weighted by molar-refractivity contribution is 6.13. The van der Waals surface area contributed by atoms with E-state index in [1.54, 1.807) is 0 Å². The fourth-order valence-electron chi connectivity index (χ4n) is 3.58. The minimum atomic E-state index is -0.422. The molecular weight excluding hydrogens is 330 g/mol. The zero-order valence-corrected chi connectivity index (χ0v) is 15.6. The zero-order chi connectivity index (χ0) is 18.5. The van der Waals surface area contributed by atoms with Crippen molar-refractivity contribution in [2.45, 2.75) is 58.1 Å². The predicted octanol–water partition coefficient (Wildman–Crippen LogP) is 3.57. The van der Waals surface area contributed by atoms with Crippen molar-refractivity contribution in [1.29, 1.82) is 0 Å². The molecule has 26 heavy (non-hydrogen) atoms. The van der Waals surface area contributed by atoms with E-state index in [2.05, 4.69) is 13.8 Å². The van der Waals surface area contributed by atoms with E-state index in [0.717, 1.165) is 42.6 Å². The third kappa shape index (κ3) is 3.68. The van der Waals surface area contributed by atoms with Crippen LogP contribution in [0, 0.1) is 0 Å². The highest BCUT2D eigenvalue weighted by atomic mass is 16.5. The van der Waals surface area contributed by atoms with Gasteiger partial charge < -0.3 is 9.47 Å². The zero-order valence-electron chi connectivity index (χ0n) is 15.6. The molecule has 0 spiro atoms. The van der Waals surface area contributed by atoms with Crippen molar-refractivity contribution in [3.8, 4) is 5.75 Å². The van der Waals surface area contributed by atoms with Gasteiger partial charge >= 0.3 is 0 Å². The number of ether oxygens (including phenoxy) is 2. The Labute approximate surface area is 155 Å². The molecule has 1 heterocycles. The lowest BCUT2D eigenvalue weighted by atomic mass is 10.0. The standard InChI is InChI=1S/C21H27NO4/c1-3-5-12-25-16-9-7-8-15-14-17(26-13-6-4-2)21(20(15)16)22-18(23)10-11-19(22)24/h7-11,17,21H,3-6,12-14H2,1-2H3/t17-,21+/m0/s1. The third-order valence-corrected chi connectivity index (χ3v) is 4.93. The molecule has 1 aliphatic carbocycles. The maximum absolute atomic E-state index is 12.4. The highest BCUT2D eigenvalue weighted by Gasteiger charge is 2.44. The summed E-state index contributed by atoms with van der Waals surface area (Å²) in [7, 11) is 0. The summed E-state index contributed by atoms with van der Waals surface area (Å²) >= 11 is 0. The number of rotatable bonds is 9. The van der Waals surface area contributed by atoms with Crippen LogP contribution in [0.2, 0.25) is 0 Å². The molecule has 0 saturated carbocycles. The number of hydrogen-bond donors (Lipinski definition) is 0. The van der Waals surface area contributed by atoms with Gasteiger partial charge in [-0.25, -0.2) is 0 Å². The molecule has 0 fully saturated rings. The van der Waals surface area contributed by atoms with Gasteiger partial charge in [0, 0.05) is 30.7 Å². The number of carbonyl (C=O) groups is 2. The van der Waals surface area contributed by atoms with Crippen LogP contribution in [-0.4, -0.2) is 36.0 Å². The second-order valence-corrected chi connectivity index (χ2v) is 6.82. The Morgan fingerprint density at radius 3 is 2.42 bits per heavy atom. The summed E-state index contributed by atoms with van der Waals surface area (Å²) in [4.78, 5) is 26.0. The van der Waals surface area contributed by atoms with E-state index in [1.165, 1.54) is 17.1 Å². The van der Waals surface area contributed by atoms with Crippen molar-refractivity contribution < 1.29 is 19.1 Å². The Morgan fingerprint density at radius 2 is 1.73 bits per heavy atom. The number of unbranched alkanes of at least 4 members (excludes halogenated alkanes) is 2. The van der Waals surface area contributed by atoms with Crippen molar-refractivity contribution in [1.82, 2.24) is 4.90 Å². The van der Waals surface area contributed by atoms with E-state index in [4.69, 9.17) is 9.47 Å². The van der Waals surface area contributed by atoms with E-state index in [9.17, 15) is 9.59 Å². The summed E-state index contributed by atoms with van der Waals surface area (Å²) in [6, 6.07) is 5.51. The van der Waals surface area contributed by atoms with Crippen molar-refractivity contribution >= 4 is 11.8 Å². The number of hydrogen-bond acceptors (Lipinski definition) is 4. The predicted molar refractivity (Wildman–Crippen MR) is 98.9 cm³/mol. The fourth-order valence-corrected chi connectivity index (χ4v) is 3.58. The van der Waals surface area contributed by atoms with E-state index < -0.39 is 6.04 Å². The molecule has 2 aliphatic rings. The molecule has 2 atom stereocenters. The molecule has 0 N–H and O–H groups in total. The van der Waals surface area contributed by atoms with Gasteiger partial charge in [0.1, 0.15) is 5.75 Å². The van der Waals surface area contributed by atoms with Gasteiger partial charge in [-0.1, -0.05) is 38.8 Å². The first-order chi connectivity index (χ1) is 12.7. The smallest absolute Gasteiger partial charge is 0.254 e. The molecule has 5 heteroatoms. The fraction of sp³-hybridized carbons (Fsp3) is 0.524. The first kappa shape index (κ1) is 18.6. The normalized spacial score (nSPS) is 21.5. The van der Waals surface area contributed by atoms with Crippen LogP contribution in [-0.2, 0) is 20.7 Å². The van der Waals surface area contributed by atoms with Crippen molar-refractivity contribution in [2.75, 3.05) is 13.2 Å². The second-order valence-electron chi connectivity index (χ2n) is 6.82. The van der Waals surface area contributed by atoms with Crippen molar-refractivity contribution in [3.63, 3.8) is 0 Å². The molecule has 0 radical (unpaired) electrons. The van der Waals surface area contributed by atoms with Gasteiger partial charge in [-0.15, -0.1) is 0 Å². The van der Waals surface area contributed by atoms with Crippen LogP contribution in [0.5, 0.6) is 5.75 Å². The Morgan fingerprint density at radius 1 is 1.04 bits per heavy atom. The van der Waals surface area contributed by atoms with E-state index in [1.807, 2.05) is 18.2 Å². The van der Waals surface area contributed by atoms with Gasteiger partial charge in [-0.2, -0.15) is 0 Å². The minimum absolute atomic E-state index is 0.222. The van der Waals surface area contributed by atoms with Gasteiger partial charge in [0.25, 0.3) is 11.8 Å². The molecule has 2 amide bonds. The topological polar surface area (TPSA) is 55.8 Å². The maximum atomic E-state index is 12.4. The first-order valence-electron chi connectivity index (χ1n) is 9.58. The number of carbonyl (C=O) groups excluding carboxylic acids is 2. The van der Waals surface area contributed by atoms with Gasteiger partial charge in [0.05, 0.1) is 18.8 Å². The summed E-state index contributed by atoms with van der Waals surface area (Å²) in [5, 5.41) is 0. The quantitative estimate of drug-likeness (QED) is 0.501. The Kier molecular flexibility index (Phi) is 6.09. The molecule has 0 unspecified atom stereocenters. The lowest BCUT2D eigenvalue weighted by Gasteiger charge is -2.29. The van der Waals surface area contributed by atoms with Crippen LogP contribution in [0.1, 0.15) is 56.7 Å². The summed E-state index contributed by atoms with van der Waals surface area (Å²) in [5.41, 5.74) is 2.02.